The van der Waals surface area contributed by atoms with Crippen molar-refractivity contribution in [1.82, 2.24) is 4.98 Å². The van der Waals surface area contributed by atoms with E-state index in [0.29, 0.717) is 0 Å². The highest BCUT2D eigenvalue weighted by Crippen LogP contribution is 2.16. The lowest BCUT2D eigenvalue weighted by Gasteiger charge is -2.07. The molecule has 0 amide bonds. The van der Waals surface area contributed by atoms with E-state index >= 15 is 0 Å². The van der Waals surface area contributed by atoms with E-state index in [1.165, 1.54) is 11.3 Å². The molecule has 0 radical (unpaired) electrons. The lowest BCUT2D eigenvalue weighted by atomic mass is 10.2. The van der Waals surface area contributed by atoms with Crippen molar-refractivity contribution in [2.24, 2.45) is 0 Å². The summed E-state index contributed by atoms with van der Waals surface area (Å²) in [7, 11) is 0. The number of para-hydroxylation sites is 3. The molecule has 19 heavy (non-hydrogen) atoms. The van der Waals surface area contributed by atoms with Crippen molar-refractivity contribution in [2.75, 3.05) is 11.9 Å². The van der Waals surface area contributed by atoms with Crippen LogP contribution in [0.15, 0.2) is 52.9 Å². The maximum absolute atomic E-state index is 5.69. The van der Waals surface area contributed by atoms with Gasteiger partial charge in [0, 0.05) is 18.7 Å². The number of aromatic nitrogens is 1. The van der Waals surface area contributed by atoms with Crippen LogP contribution in [0.5, 0.6) is 0 Å². The van der Waals surface area contributed by atoms with E-state index in [0.717, 1.165) is 30.0 Å². The summed E-state index contributed by atoms with van der Waals surface area (Å²) in [5, 5.41) is 3.41. The minimum Gasteiger partial charge on any atom is -0.441 e. The second-order valence-corrected chi connectivity index (χ2v) is 4.57. The summed E-state index contributed by atoms with van der Waals surface area (Å²) in [5.41, 5.74) is 4.19. The summed E-state index contributed by atoms with van der Waals surface area (Å²) < 4.78 is 5.69. The monoisotopic (exact) mass is 252 g/mol. The maximum Gasteiger partial charge on any atom is 0.197 e. The van der Waals surface area contributed by atoms with E-state index in [9.17, 15) is 0 Å². The highest BCUT2D eigenvalue weighted by Gasteiger charge is 2.04. The molecule has 96 valence electrons. The highest BCUT2D eigenvalue weighted by molar-refractivity contribution is 5.72. The maximum atomic E-state index is 5.69. The first-order chi connectivity index (χ1) is 9.33. The van der Waals surface area contributed by atoms with Crippen molar-refractivity contribution in [2.45, 2.75) is 13.3 Å². The zero-order valence-electron chi connectivity index (χ0n) is 10.9. The molecule has 0 saturated carbocycles. The largest absolute Gasteiger partial charge is 0.441 e. The van der Waals surface area contributed by atoms with E-state index in [1.807, 2.05) is 36.4 Å². The number of aryl methyl sites for hydroxylation is 1. The van der Waals surface area contributed by atoms with Crippen LogP contribution in [0.2, 0.25) is 0 Å². The van der Waals surface area contributed by atoms with Crippen molar-refractivity contribution in [3.63, 3.8) is 0 Å². The first-order valence-electron chi connectivity index (χ1n) is 6.47. The Kier molecular flexibility index (Phi) is 3.19. The number of rotatable bonds is 4. The van der Waals surface area contributed by atoms with Gasteiger partial charge in [0.25, 0.3) is 0 Å². The van der Waals surface area contributed by atoms with Crippen LogP contribution < -0.4 is 5.32 Å². The number of fused-ring (bicyclic) bond motifs is 1. The molecule has 0 aliphatic carbocycles. The summed E-state index contributed by atoms with van der Waals surface area (Å²) in [6.07, 6.45) is 0.781. The highest BCUT2D eigenvalue weighted by atomic mass is 16.3. The van der Waals surface area contributed by atoms with Gasteiger partial charge in [-0.15, -0.1) is 0 Å². The molecule has 0 unspecified atom stereocenters. The van der Waals surface area contributed by atoms with E-state index in [4.69, 9.17) is 4.42 Å². The zero-order chi connectivity index (χ0) is 13.1. The van der Waals surface area contributed by atoms with Gasteiger partial charge in [-0.05, 0) is 30.7 Å². The van der Waals surface area contributed by atoms with Crippen molar-refractivity contribution in [3.05, 3.63) is 60.0 Å². The Labute approximate surface area is 112 Å². The molecule has 3 aromatic rings. The summed E-state index contributed by atoms with van der Waals surface area (Å²) in [4.78, 5) is 4.46. The fourth-order valence-corrected chi connectivity index (χ4v) is 2.10. The van der Waals surface area contributed by atoms with Crippen LogP contribution in [0, 0.1) is 6.92 Å². The first kappa shape index (κ1) is 11.8. The topological polar surface area (TPSA) is 38.1 Å². The van der Waals surface area contributed by atoms with Crippen LogP contribution in [0.4, 0.5) is 5.69 Å². The zero-order valence-corrected chi connectivity index (χ0v) is 10.9. The molecule has 1 heterocycles. The van der Waals surface area contributed by atoms with Gasteiger partial charge in [0.15, 0.2) is 11.5 Å². The van der Waals surface area contributed by atoms with Gasteiger partial charge in [-0.25, -0.2) is 4.98 Å². The Bertz CT molecular complexity index is 655. The van der Waals surface area contributed by atoms with Gasteiger partial charge in [0.05, 0.1) is 0 Å². The molecule has 3 nitrogen and oxygen atoms in total. The molecule has 0 bridgehead atoms. The van der Waals surface area contributed by atoms with Crippen LogP contribution in [-0.2, 0) is 6.42 Å². The average Bonchev–Trinajstić information content (AvgIpc) is 2.83. The van der Waals surface area contributed by atoms with Gasteiger partial charge in [0.2, 0.25) is 0 Å². The van der Waals surface area contributed by atoms with Gasteiger partial charge >= 0.3 is 0 Å². The molecule has 1 aromatic heterocycles. The Morgan fingerprint density at radius 2 is 1.84 bits per heavy atom. The average molecular weight is 252 g/mol. The Morgan fingerprint density at radius 1 is 1.05 bits per heavy atom. The molecular weight excluding hydrogens is 236 g/mol. The second-order valence-electron chi connectivity index (χ2n) is 4.57. The van der Waals surface area contributed by atoms with Gasteiger partial charge in [-0.3, -0.25) is 0 Å². The van der Waals surface area contributed by atoms with Crippen LogP contribution in [0.3, 0.4) is 0 Å². The minimum atomic E-state index is 0.780. The predicted molar refractivity (Wildman–Crippen MR) is 77.4 cm³/mol. The van der Waals surface area contributed by atoms with Gasteiger partial charge in [-0.2, -0.15) is 0 Å². The van der Waals surface area contributed by atoms with E-state index < -0.39 is 0 Å². The first-order valence-corrected chi connectivity index (χ1v) is 6.47. The van der Waals surface area contributed by atoms with Crippen LogP contribution in [0.1, 0.15) is 11.5 Å². The van der Waals surface area contributed by atoms with Crippen molar-refractivity contribution < 1.29 is 4.42 Å². The normalized spacial score (nSPS) is 10.8. The molecule has 0 aliphatic rings. The fraction of sp³-hybridized carbons (Fsp3) is 0.188. The lowest BCUT2D eigenvalue weighted by molar-refractivity contribution is 0.534. The predicted octanol–water partition coefficient (Wildman–Crippen LogP) is 3.79. The molecule has 0 spiro atoms. The molecule has 1 N–H and O–H groups in total. The fourth-order valence-electron chi connectivity index (χ4n) is 2.10. The number of nitrogens with zero attached hydrogens (tertiary/aromatic N) is 1. The number of nitrogens with one attached hydrogen (secondary N) is 1. The van der Waals surface area contributed by atoms with E-state index in [-0.39, 0.29) is 0 Å². The molecule has 0 aliphatic heterocycles. The van der Waals surface area contributed by atoms with Crippen molar-refractivity contribution in [3.8, 4) is 0 Å². The minimum absolute atomic E-state index is 0.780. The number of oxazole rings is 1. The van der Waals surface area contributed by atoms with Gasteiger partial charge < -0.3 is 9.73 Å². The van der Waals surface area contributed by atoms with E-state index in [2.05, 4.69) is 29.4 Å². The van der Waals surface area contributed by atoms with Crippen LogP contribution in [-0.4, -0.2) is 11.5 Å². The molecule has 0 atom stereocenters. The van der Waals surface area contributed by atoms with Gasteiger partial charge in [-0.1, -0.05) is 30.3 Å². The Morgan fingerprint density at radius 3 is 2.68 bits per heavy atom. The van der Waals surface area contributed by atoms with E-state index in [1.54, 1.807) is 0 Å². The molecular formula is C16H16N2O. The molecule has 3 heteroatoms. The molecule has 3 rings (SSSR count). The van der Waals surface area contributed by atoms with Crippen LogP contribution in [0.25, 0.3) is 11.1 Å². The number of benzene rings is 2. The third-order valence-corrected chi connectivity index (χ3v) is 3.14. The second kappa shape index (κ2) is 5.14. The molecule has 0 fully saturated rings. The summed E-state index contributed by atoms with van der Waals surface area (Å²) in [6.45, 7) is 2.92. The summed E-state index contributed by atoms with van der Waals surface area (Å²) in [5.74, 6) is 0.780. The third kappa shape index (κ3) is 2.60. The SMILES string of the molecule is Cc1ccccc1NCCc1nc2ccccc2o1. The number of anilines is 1. The van der Waals surface area contributed by atoms with Crippen LogP contribution >= 0.6 is 0 Å². The Balaban J connectivity index is 1.65. The quantitative estimate of drug-likeness (QED) is 0.767. The van der Waals surface area contributed by atoms with Gasteiger partial charge in [0.1, 0.15) is 5.52 Å². The lowest BCUT2D eigenvalue weighted by Crippen LogP contribution is -2.05. The summed E-state index contributed by atoms with van der Waals surface area (Å²) >= 11 is 0. The van der Waals surface area contributed by atoms with Crippen molar-refractivity contribution >= 4 is 16.8 Å². The molecule has 2 aromatic carbocycles. The smallest absolute Gasteiger partial charge is 0.197 e. The standard InChI is InChI=1S/C16H16N2O/c1-12-6-2-3-7-13(12)17-11-10-16-18-14-8-4-5-9-15(14)19-16/h2-9,17H,10-11H2,1H3. The number of hydrogen-bond acceptors (Lipinski definition) is 3. The molecule has 0 saturated heterocycles. The van der Waals surface area contributed by atoms with Crippen molar-refractivity contribution in [1.29, 1.82) is 0 Å². The Hall–Kier alpha value is -2.29. The summed E-state index contributed by atoms with van der Waals surface area (Å²) in [6, 6.07) is 16.1. The third-order valence-electron chi connectivity index (χ3n) is 3.14. The number of hydrogen-bond donors (Lipinski definition) is 1.